The molecule has 0 radical (unpaired) electrons. The summed E-state index contributed by atoms with van der Waals surface area (Å²) in [5.74, 6) is 0.0229. The zero-order chi connectivity index (χ0) is 24.4. The molecule has 1 saturated heterocycles. The Morgan fingerprint density at radius 3 is 2.57 bits per heavy atom. The molecule has 7 nitrogen and oxygen atoms in total. The lowest BCUT2D eigenvalue weighted by molar-refractivity contribution is -0.127. The average Bonchev–Trinajstić information content (AvgIpc) is 3.47. The fraction of sp³-hybridized carbons (Fsp3) is 0.250. The molecule has 4 aromatic rings. The molecule has 0 atom stereocenters. The van der Waals surface area contributed by atoms with Crippen LogP contribution in [0.5, 0.6) is 0 Å². The second kappa shape index (κ2) is 9.72. The van der Waals surface area contributed by atoms with E-state index in [0.717, 1.165) is 54.9 Å². The van der Waals surface area contributed by atoms with Gasteiger partial charge in [0.05, 0.1) is 17.4 Å². The molecule has 3 heterocycles. The van der Waals surface area contributed by atoms with Crippen LogP contribution in [0.15, 0.2) is 61.4 Å². The van der Waals surface area contributed by atoms with E-state index in [2.05, 4.69) is 70.1 Å². The van der Waals surface area contributed by atoms with Crippen LogP contribution in [-0.2, 0) is 18.4 Å². The van der Waals surface area contributed by atoms with E-state index in [1.165, 1.54) is 28.3 Å². The van der Waals surface area contributed by atoms with E-state index in [1.54, 1.807) is 4.68 Å². The SMILES string of the molecule is C=CC(=O)N1CCN(Cc2ccc(-c3cc4c(/C=C/c5cnn(C)c5)n[nH]c4cc3C)cc2)CC1. The monoisotopic (exact) mass is 466 g/mol. The van der Waals surface area contributed by atoms with Gasteiger partial charge in [0.2, 0.25) is 5.91 Å². The number of carbonyl (C=O) groups is 1. The van der Waals surface area contributed by atoms with Crippen molar-refractivity contribution < 1.29 is 4.79 Å². The Labute approximate surface area is 205 Å². The number of amides is 1. The Kier molecular flexibility index (Phi) is 6.33. The van der Waals surface area contributed by atoms with Crippen molar-refractivity contribution in [1.29, 1.82) is 0 Å². The molecule has 0 aliphatic carbocycles. The van der Waals surface area contributed by atoms with Gasteiger partial charge in [-0.25, -0.2) is 0 Å². The lowest BCUT2D eigenvalue weighted by Crippen LogP contribution is -2.47. The number of piperazine rings is 1. The van der Waals surface area contributed by atoms with Crippen molar-refractivity contribution in [3.63, 3.8) is 0 Å². The molecule has 2 aromatic heterocycles. The zero-order valence-electron chi connectivity index (χ0n) is 20.2. The van der Waals surface area contributed by atoms with Gasteiger partial charge in [-0.2, -0.15) is 10.2 Å². The molecule has 1 aliphatic rings. The van der Waals surface area contributed by atoms with Crippen LogP contribution in [0.1, 0.15) is 22.4 Å². The fourth-order valence-electron chi connectivity index (χ4n) is 4.64. The smallest absolute Gasteiger partial charge is 0.246 e. The van der Waals surface area contributed by atoms with Gasteiger partial charge in [-0.15, -0.1) is 0 Å². The molecular formula is C28H30N6O. The topological polar surface area (TPSA) is 70.1 Å². The Morgan fingerprint density at radius 1 is 1.11 bits per heavy atom. The summed E-state index contributed by atoms with van der Waals surface area (Å²) in [6, 6.07) is 13.2. The molecule has 35 heavy (non-hydrogen) atoms. The lowest BCUT2D eigenvalue weighted by Gasteiger charge is -2.34. The van der Waals surface area contributed by atoms with Crippen molar-refractivity contribution in [2.24, 2.45) is 7.05 Å². The van der Waals surface area contributed by atoms with Crippen LogP contribution in [-0.4, -0.2) is 61.9 Å². The van der Waals surface area contributed by atoms with Gasteiger partial charge in [0.1, 0.15) is 0 Å². The van der Waals surface area contributed by atoms with Crippen molar-refractivity contribution in [1.82, 2.24) is 29.8 Å². The number of hydrogen-bond acceptors (Lipinski definition) is 4. The first-order valence-electron chi connectivity index (χ1n) is 11.9. The van der Waals surface area contributed by atoms with Crippen LogP contribution in [0.25, 0.3) is 34.2 Å². The molecule has 1 amide bonds. The van der Waals surface area contributed by atoms with Gasteiger partial charge in [-0.3, -0.25) is 19.5 Å². The molecule has 0 spiro atoms. The minimum Gasteiger partial charge on any atom is -0.337 e. The molecule has 0 bridgehead atoms. The van der Waals surface area contributed by atoms with Gasteiger partial charge in [-0.05, 0) is 59.5 Å². The second-order valence-corrected chi connectivity index (χ2v) is 9.10. The number of hydrogen-bond donors (Lipinski definition) is 1. The minimum absolute atomic E-state index is 0.0229. The normalized spacial score (nSPS) is 14.7. The van der Waals surface area contributed by atoms with E-state index < -0.39 is 0 Å². The number of aryl methyl sites for hydroxylation is 2. The first-order valence-corrected chi connectivity index (χ1v) is 11.9. The molecule has 178 valence electrons. The third-order valence-corrected chi connectivity index (χ3v) is 6.63. The number of aromatic nitrogens is 4. The molecule has 1 N–H and O–H groups in total. The van der Waals surface area contributed by atoms with E-state index in [1.807, 2.05) is 36.5 Å². The largest absolute Gasteiger partial charge is 0.337 e. The molecule has 1 aliphatic heterocycles. The van der Waals surface area contributed by atoms with Gasteiger partial charge >= 0.3 is 0 Å². The number of aromatic amines is 1. The summed E-state index contributed by atoms with van der Waals surface area (Å²) in [6.07, 6.45) is 9.27. The summed E-state index contributed by atoms with van der Waals surface area (Å²) in [4.78, 5) is 16.1. The number of fused-ring (bicyclic) bond motifs is 1. The summed E-state index contributed by atoms with van der Waals surface area (Å²) in [7, 11) is 1.91. The number of nitrogens with zero attached hydrogens (tertiary/aromatic N) is 5. The predicted octanol–water partition coefficient (Wildman–Crippen LogP) is 4.27. The number of benzene rings is 2. The van der Waals surface area contributed by atoms with Gasteiger partial charge in [0, 0.05) is 56.9 Å². The molecule has 0 saturated carbocycles. The number of H-pyrrole nitrogens is 1. The summed E-state index contributed by atoms with van der Waals surface area (Å²) in [5, 5.41) is 13.0. The van der Waals surface area contributed by atoms with Gasteiger partial charge in [0.25, 0.3) is 0 Å². The minimum atomic E-state index is 0.0229. The first kappa shape index (κ1) is 22.8. The second-order valence-electron chi connectivity index (χ2n) is 9.10. The highest BCUT2D eigenvalue weighted by atomic mass is 16.2. The first-order chi connectivity index (χ1) is 17.0. The molecule has 1 fully saturated rings. The van der Waals surface area contributed by atoms with Crippen LogP contribution in [0, 0.1) is 6.92 Å². The van der Waals surface area contributed by atoms with E-state index in [4.69, 9.17) is 0 Å². The molecular weight excluding hydrogens is 436 g/mol. The maximum atomic E-state index is 11.8. The Bertz CT molecular complexity index is 1390. The molecule has 0 unspecified atom stereocenters. The van der Waals surface area contributed by atoms with Crippen LogP contribution < -0.4 is 0 Å². The third kappa shape index (κ3) is 4.95. The Hall–Kier alpha value is -3.97. The highest BCUT2D eigenvalue weighted by Gasteiger charge is 2.19. The average molecular weight is 467 g/mol. The van der Waals surface area contributed by atoms with Crippen molar-refractivity contribution in [3.05, 3.63) is 83.8 Å². The van der Waals surface area contributed by atoms with Crippen molar-refractivity contribution in [2.45, 2.75) is 13.5 Å². The Balaban J connectivity index is 1.32. The zero-order valence-corrected chi connectivity index (χ0v) is 20.2. The number of nitrogens with one attached hydrogen (secondary N) is 1. The fourth-order valence-corrected chi connectivity index (χ4v) is 4.64. The summed E-state index contributed by atoms with van der Waals surface area (Å²) >= 11 is 0. The van der Waals surface area contributed by atoms with E-state index >= 15 is 0 Å². The number of carbonyl (C=O) groups excluding carboxylic acids is 1. The van der Waals surface area contributed by atoms with Crippen LogP contribution in [0.2, 0.25) is 0 Å². The van der Waals surface area contributed by atoms with E-state index in [0.29, 0.717) is 0 Å². The molecule has 5 rings (SSSR count). The summed E-state index contributed by atoms with van der Waals surface area (Å²) in [6.45, 7) is 9.88. The highest BCUT2D eigenvalue weighted by Crippen LogP contribution is 2.30. The number of rotatable bonds is 6. The van der Waals surface area contributed by atoms with Crippen molar-refractivity contribution in [2.75, 3.05) is 26.2 Å². The van der Waals surface area contributed by atoms with Crippen LogP contribution in [0.4, 0.5) is 0 Å². The quantitative estimate of drug-likeness (QED) is 0.431. The van der Waals surface area contributed by atoms with Crippen LogP contribution >= 0.6 is 0 Å². The van der Waals surface area contributed by atoms with Gasteiger partial charge in [-0.1, -0.05) is 30.8 Å². The standard InChI is InChI=1S/C28H30N6O/c1-4-28(35)34-13-11-33(12-14-34)19-21-5-8-23(9-6-21)24-16-25-26(30-31-27(25)15-20(24)2)10-7-22-17-29-32(3)18-22/h4-10,15-18H,1,11-14,19H2,2-3H3,(H,30,31)/b10-7+. The van der Waals surface area contributed by atoms with Crippen molar-refractivity contribution >= 4 is 29.0 Å². The van der Waals surface area contributed by atoms with Crippen LogP contribution in [0.3, 0.4) is 0 Å². The maximum absolute atomic E-state index is 11.8. The van der Waals surface area contributed by atoms with E-state index in [9.17, 15) is 4.79 Å². The molecule has 2 aromatic carbocycles. The Morgan fingerprint density at radius 2 is 1.89 bits per heavy atom. The predicted molar refractivity (Wildman–Crippen MR) is 140 cm³/mol. The summed E-state index contributed by atoms with van der Waals surface area (Å²) < 4.78 is 1.79. The summed E-state index contributed by atoms with van der Waals surface area (Å²) in [5.41, 5.74) is 7.87. The lowest BCUT2D eigenvalue weighted by atomic mass is 9.97. The highest BCUT2D eigenvalue weighted by molar-refractivity contribution is 5.93. The van der Waals surface area contributed by atoms with Crippen molar-refractivity contribution in [3.8, 4) is 11.1 Å². The third-order valence-electron chi connectivity index (χ3n) is 6.63. The molecule has 7 heteroatoms. The maximum Gasteiger partial charge on any atom is 0.246 e. The van der Waals surface area contributed by atoms with Gasteiger partial charge in [0.15, 0.2) is 0 Å². The van der Waals surface area contributed by atoms with E-state index in [-0.39, 0.29) is 5.91 Å². The van der Waals surface area contributed by atoms with Gasteiger partial charge < -0.3 is 4.90 Å².